The summed E-state index contributed by atoms with van der Waals surface area (Å²) < 4.78 is 0. The van der Waals surface area contributed by atoms with Gasteiger partial charge < -0.3 is 16.2 Å². The van der Waals surface area contributed by atoms with Gasteiger partial charge >= 0.3 is 0 Å². The van der Waals surface area contributed by atoms with Gasteiger partial charge in [-0.1, -0.05) is 18.2 Å². The number of H-pyrrole nitrogens is 1. The number of nitrogens with two attached hydrogens (primary N) is 1. The zero-order valence-electron chi connectivity index (χ0n) is 11.4. The van der Waals surface area contributed by atoms with Crippen LogP contribution in [0.15, 0.2) is 45.4 Å². The lowest BCUT2D eigenvalue weighted by Gasteiger charge is -2.09. The Morgan fingerprint density at radius 2 is 2.10 bits per heavy atom. The second-order valence-electron chi connectivity index (χ2n) is 4.41. The molecule has 1 aromatic heterocycles. The van der Waals surface area contributed by atoms with Gasteiger partial charge in [-0.2, -0.15) is 10.1 Å². The third-order valence-corrected chi connectivity index (χ3v) is 2.50. The molecular weight excluding hydrogens is 272 g/mol. The number of hydrogen-bond acceptors (Lipinski definition) is 7. The molecule has 0 radical (unpaired) electrons. The Labute approximate surface area is 120 Å². The van der Waals surface area contributed by atoms with Gasteiger partial charge in [0.15, 0.2) is 11.5 Å². The number of nitrogen functional groups attached to an aromatic ring is 1. The molecule has 8 heteroatoms. The van der Waals surface area contributed by atoms with Crippen LogP contribution in [0.5, 0.6) is 0 Å². The number of azo groups is 1. The highest BCUT2D eigenvalue weighted by molar-refractivity contribution is 5.60. The highest BCUT2D eigenvalue weighted by Gasteiger charge is 2.10. The predicted molar refractivity (Wildman–Crippen MR) is 80.1 cm³/mol. The number of aromatic amines is 1. The summed E-state index contributed by atoms with van der Waals surface area (Å²) in [5.41, 5.74) is 5.61. The minimum absolute atomic E-state index is 0.00806. The Hall–Kier alpha value is -2.74. The fraction of sp³-hybridized carbons (Fsp3) is 0.231. The van der Waals surface area contributed by atoms with Crippen molar-refractivity contribution in [1.82, 2.24) is 9.97 Å². The van der Waals surface area contributed by atoms with Gasteiger partial charge in [-0.3, -0.25) is 9.78 Å². The van der Waals surface area contributed by atoms with Crippen LogP contribution in [0.3, 0.4) is 0 Å². The van der Waals surface area contributed by atoms with Crippen molar-refractivity contribution in [3.05, 3.63) is 40.7 Å². The van der Waals surface area contributed by atoms with Crippen molar-refractivity contribution in [3.8, 4) is 0 Å². The van der Waals surface area contributed by atoms with Gasteiger partial charge in [-0.15, -0.1) is 5.11 Å². The summed E-state index contributed by atoms with van der Waals surface area (Å²) in [5.74, 6) is 0.142. The third kappa shape index (κ3) is 4.11. The Kier molecular flexibility index (Phi) is 4.62. The highest BCUT2D eigenvalue weighted by Crippen LogP contribution is 2.21. The average Bonchev–Trinajstić information content (AvgIpc) is 2.45. The van der Waals surface area contributed by atoms with Crippen molar-refractivity contribution < 1.29 is 5.11 Å². The summed E-state index contributed by atoms with van der Waals surface area (Å²) in [5, 5.41) is 20.0. The van der Waals surface area contributed by atoms with Crippen LogP contribution < -0.4 is 16.6 Å². The lowest BCUT2D eigenvalue weighted by atomic mass is 10.3. The number of hydrogen-bond donors (Lipinski definition) is 4. The molecule has 2 aromatic rings. The van der Waals surface area contributed by atoms with Crippen LogP contribution in [0.25, 0.3) is 0 Å². The summed E-state index contributed by atoms with van der Waals surface area (Å²) in [4.78, 5) is 18.2. The standard InChI is InChI=1S/C13H16N6O2/c1-8(20)7-15-11-10(12(21)17-13(14)16-11)19-18-9-5-3-2-4-6-9/h2-6,8,20H,7H2,1H3,(H4,14,15,16,17,21)/t8-/m0/s1. The number of rotatable bonds is 5. The van der Waals surface area contributed by atoms with Crippen molar-refractivity contribution >= 4 is 23.1 Å². The summed E-state index contributed by atoms with van der Waals surface area (Å²) in [7, 11) is 0. The van der Waals surface area contributed by atoms with Crippen LogP contribution in [-0.4, -0.2) is 27.7 Å². The van der Waals surface area contributed by atoms with Crippen LogP contribution in [0.4, 0.5) is 23.1 Å². The molecule has 1 aromatic carbocycles. The molecule has 2 rings (SSSR count). The number of aromatic nitrogens is 2. The summed E-state index contributed by atoms with van der Waals surface area (Å²) in [6.45, 7) is 1.82. The fourth-order valence-electron chi connectivity index (χ4n) is 1.55. The van der Waals surface area contributed by atoms with E-state index in [0.717, 1.165) is 0 Å². The van der Waals surface area contributed by atoms with Gasteiger partial charge in [0.05, 0.1) is 11.8 Å². The van der Waals surface area contributed by atoms with E-state index < -0.39 is 11.7 Å². The largest absolute Gasteiger partial charge is 0.392 e. The maximum Gasteiger partial charge on any atom is 0.282 e. The molecule has 5 N–H and O–H groups in total. The molecule has 1 atom stereocenters. The number of nitrogens with one attached hydrogen (secondary N) is 2. The zero-order chi connectivity index (χ0) is 15.2. The summed E-state index contributed by atoms with van der Waals surface area (Å²) in [6, 6.07) is 8.99. The first-order valence-corrected chi connectivity index (χ1v) is 6.35. The smallest absolute Gasteiger partial charge is 0.282 e. The van der Waals surface area contributed by atoms with Crippen molar-refractivity contribution in [2.45, 2.75) is 13.0 Å². The molecule has 1 heterocycles. The van der Waals surface area contributed by atoms with E-state index in [2.05, 4.69) is 25.5 Å². The molecule has 8 nitrogen and oxygen atoms in total. The van der Waals surface area contributed by atoms with E-state index in [1.165, 1.54) is 0 Å². The monoisotopic (exact) mass is 288 g/mol. The van der Waals surface area contributed by atoms with E-state index in [1.54, 1.807) is 19.1 Å². The second-order valence-corrected chi connectivity index (χ2v) is 4.41. The Balaban J connectivity index is 2.33. The molecule has 0 aliphatic rings. The molecule has 21 heavy (non-hydrogen) atoms. The highest BCUT2D eigenvalue weighted by atomic mass is 16.3. The lowest BCUT2D eigenvalue weighted by Crippen LogP contribution is -2.19. The normalized spacial score (nSPS) is 12.5. The molecule has 0 bridgehead atoms. The maximum atomic E-state index is 11.9. The Morgan fingerprint density at radius 1 is 1.38 bits per heavy atom. The lowest BCUT2D eigenvalue weighted by molar-refractivity contribution is 0.208. The molecule has 0 aliphatic heterocycles. The molecule has 0 saturated heterocycles. The van der Waals surface area contributed by atoms with Crippen LogP contribution in [-0.2, 0) is 0 Å². The summed E-state index contributed by atoms with van der Waals surface area (Å²) in [6.07, 6.45) is -0.605. The van der Waals surface area contributed by atoms with Crippen LogP contribution >= 0.6 is 0 Å². The van der Waals surface area contributed by atoms with E-state index in [4.69, 9.17) is 5.73 Å². The van der Waals surface area contributed by atoms with Gasteiger partial charge in [0.1, 0.15) is 0 Å². The fourth-order valence-corrected chi connectivity index (χ4v) is 1.55. The first-order valence-electron chi connectivity index (χ1n) is 6.35. The van der Waals surface area contributed by atoms with E-state index in [1.807, 2.05) is 18.2 Å². The zero-order valence-corrected chi connectivity index (χ0v) is 11.4. The minimum atomic E-state index is -0.605. The van der Waals surface area contributed by atoms with Gasteiger partial charge in [-0.25, -0.2) is 0 Å². The molecule has 110 valence electrons. The number of benzene rings is 1. The molecule has 0 amide bonds. The minimum Gasteiger partial charge on any atom is -0.392 e. The number of aliphatic hydroxyl groups is 1. The number of nitrogens with zero attached hydrogens (tertiary/aromatic N) is 3. The average molecular weight is 288 g/mol. The second kappa shape index (κ2) is 6.62. The van der Waals surface area contributed by atoms with E-state index in [0.29, 0.717) is 5.69 Å². The first kappa shape index (κ1) is 14.7. The Morgan fingerprint density at radius 3 is 2.76 bits per heavy atom. The topological polar surface area (TPSA) is 129 Å². The molecule has 0 fully saturated rings. The molecule has 0 spiro atoms. The molecular formula is C13H16N6O2. The van der Waals surface area contributed by atoms with Gasteiger partial charge in [-0.05, 0) is 19.1 Å². The van der Waals surface area contributed by atoms with Crippen LogP contribution in [0, 0.1) is 0 Å². The Bertz CT molecular complexity index is 681. The molecule has 0 saturated carbocycles. The molecule has 0 unspecified atom stereocenters. The predicted octanol–water partition coefficient (Wildman–Crippen LogP) is 1.56. The maximum absolute atomic E-state index is 11.9. The summed E-state index contributed by atoms with van der Waals surface area (Å²) >= 11 is 0. The SMILES string of the molecule is C[C@H](O)CNc1nc(N)[nH]c(=O)c1N=Nc1ccccc1. The van der Waals surface area contributed by atoms with Gasteiger partial charge in [0.2, 0.25) is 5.95 Å². The third-order valence-electron chi connectivity index (χ3n) is 2.50. The van der Waals surface area contributed by atoms with Crippen LogP contribution in [0.2, 0.25) is 0 Å². The van der Waals surface area contributed by atoms with Gasteiger partial charge in [0, 0.05) is 6.54 Å². The number of anilines is 2. The first-order chi connectivity index (χ1) is 10.1. The number of aliphatic hydroxyl groups excluding tert-OH is 1. The van der Waals surface area contributed by atoms with Crippen molar-refractivity contribution in [3.63, 3.8) is 0 Å². The van der Waals surface area contributed by atoms with Gasteiger partial charge in [0.25, 0.3) is 5.56 Å². The van der Waals surface area contributed by atoms with E-state index in [-0.39, 0.29) is 24.0 Å². The van der Waals surface area contributed by atoms with E-state index >= 15 is 0 Å². The van der Waals surface area contributed by atoms with Crippen molar-refractivity contribution in [2.24, 2.45) is 10.2 Å². The van der Waals surface area contributed by atoms with Crippen molar-refractivity contribution in [1.29, 1.82) is 0 Å². The quantitative estimate of drug-likeness (QED) is 0.620. The van der Waals surface area contributed by atoms with Crippen molar-refractivity contribution in [2.75, 3.05) is 17.6 Å². The molecule has 0 aliphatic carbocycles. The van der Waals surface area contributed by atoms with Crippen LogP contribution in [0.1, 0.15) is 6.92 Å². The van der Waals surface area contributed by atoms with E-state index in [9.17, 15) is 9.90 Å².